The Hall–Kier alpha value is -1.03. The van der Waals surface area contributed by atoms with E-state index in [1.165, 1.54) is 0 Å². The number of rotatable bonds is 3. The van der Waals surface area contributed by atoms with E-state index in [-0.39, 0.29) is 6.79 Å². The molecular formula is C6H9N2O2. The highest BCUT2D eigenvalue weighted by molar-refractivity contribution is 5.03. The van der Waals surface area contributed by atoms with Crippen molar-refractivity contribution in [2.24, 2.45) is 7.05 Å². The fourth-order valence-corrected chi connectivity index (χ4v) is 0.544. The number of aryl methyl sites for hydroxylation is 1. The summed E-state index contributed by atoms with van der Waals surface area (Å²) in [6, 6.07) is 1.65. The Morgan fingerprint density at radius 1 is 1.80 bits per heavy atom. The first-order valence-electron chi connectivity index (χ1n) is 2.86. The lowest BCUT2D eigenvalue weighted by Crippen LogP contribution is -1.99. The molecule has 0 spiro atoms. The van der Waals surface area contributed by atoms with Crippen LogP contribution < -0.4 is 4.74 Å². The maximum atomic E-state index is 4.99. The van der Waals surface area contributed by atoms with Gasteiger partial charge in [-0.25, -0.2) is 0 Å². The van der Waals surface area contributed by atoms with E-state index < -0.39 is 0 Å². The van der Waals surface area contributed by atoms with E-state index in [4.69, 9.17) is 4.74 Å². The fourth-order valence-electron chi connectivity index (χ4n) is 0.544. The van der Waals surface area contributed by atoms with Crippen molar-refractivity contribution in [1.29, 1.82) is 0 Å². The van der Waals surface area contributed by atoms with Gasteiger partial charge < -0.3 is 9.47 Å². The van der Waals surface area contributed by atoms with Gasteiger partial charge in [0, 0.05) is 20.2 Å². The van der Waals surface area contributed by atoms with Gasteiger partial charge in [0.15, 0.2) is 6.79 Å². The molecule has 1 rings (SSSR count). The smallest absolute Gasteiger partial charge is 0.235 e. The van der Waals surface area contributed by atoms with Crippen molar-refractivity contribution in [3.8, 4) is 5.88 Å². The van der Waals surface area contributed by atoms with E-state index in [0.29, 0.717) is 5.88 Å². The second kappa shape index (κ2) is 3.22. The van der Waals surface area contributed by atoms with E-state index >= 15 is 0 Å². The molecule has 0 unspecified atom stereocenters. The summed E-state index contributed by atoms with van der Waals surface area (Å²) in [6.45, 7) is 0.227. The summed E-state index contributed by atoms with van der Waals surface area (Å²) in [7, 11) is 3.34. The number of nitrogens with zero attached hydrogens (tertiary/aromatic N) is 2. The molecule has 1 radical (unpaired) electrons. The zero-order chi connectivity index (χ0) is 7.40. The molecule has 1 aromatic rings. The topological polar surface area (TPSA) is 36.3 Å². The van der Waals surface area contributed by atoms with Gasteiger partial charge in [0.05, 0.1) is 6.20 Å². The van der Waals surface area contributed by atoms with Gasteiger partial charge in [-0.1, -0.05) is 0 Å². The molecule has 1 aromatic heterocycles. The van der Waals surface area contributed by atoms with Crippen LogP contribution in [0.4, 0.5) is 0 Å². The van der Waals surface area contributed by atoms with Crippen molar-refractivity contribution in [2.45, 2.75) is 0 Å². The molecule has 0 amide bonds. The average molecular weight is 141 g/mol. The lowest BCUT2D eigenvalue weighted by molar-refractivity contribution is 0.0474. The molecule has 1 heterocycles. The summed E-state index contributed by atoms with van der Waals surface area (Å²) in [5.74, 6) is 0.532. The van der Waals surface area contributed by atoms with Crippen LogP contribution in [0.5, 0.6) is 5.88 Å². The molecular weight excluding hydrogens is 132 g/mol. The van der Waals surface area contributed by atoms with E-state index in [9.17, 15) is 0 Å². The van der Waals surface area contributed by atoms with Crippen LogP contribution in [0, 0.1) is 6.20 Å². The maximum Gasteiger partial charge on any atom is 0.235 e. The van der Waals surface area contributed by atoms with Gasteiger partial charge in [-0.3, -0.25) is 4.68 Å². The SMILES string of the molecule is COCOc1c[c]n(C)n1. The standard InChI is InChI=1S/C6H9N2O2/c1-8-4-3-6(7-8)10-5-9-2/h3H,5H2,1-2H3. The number of hydrogen-bond donors (Lipinski definition) is 0. The molecule has 55 valence electrons. The molecule has 0 N–H and O–H groups in total. The monoisotopic (exact) mass is 141 g/mol. The molecule has 10 heavy (non-hydrogen) atoms. The van der Waals surface area contributed by atoms with Gasteiger partial charge in [-0.15, -0.1) is 5.10 Å². The van der Waals surface area contributed by atoms with Crippen LogP contribution in [0.25, 0.3) is 0 Å². The summed E-state index contributed by atoms with van der Waals surface area (Å²) >= 11 is 0. The van der Waals surface area contributed by atoms with Gasteiger partial charge in [-0.05, 0) is 0 Å². The third-order valence-corrected chi connectivity index (χ3v) is 0.948. The van der Waals surface area contributed by atoms with Crippen molar-refractivity contribution in [2.75, 3.05) is 13.9 Å². The molecule has 0 saturated carbocycles. The molecule has 0 fully saturated rings. The average Bonchev–Trinajstić information content (AvgIpc) is 2.31. The minimum atomic E-state index is 0.227. The van der Waals surface area contributed by atoms with Gasteiger partial charge >= 0.3 is 0 Å². The highest BCUT2D eigenvalue weighted by atomic mass is 16.7. The molecule has 0 aromatic carbocycles. The summed E-state index contributed by atoms with van der Waals surface area (Å²) in [5.41, 5.74) is 0. The Morgan fingerprint density at radius 3 is 3.10 bits per heavy atom. The normalized spacial score (nSPS) is 9.80. The molecule has 0 atom stereocenters. The third kappa shape index (κ3) is 1.73. The molecule has 0 aliphatic heterocycles. The highest BCUT2D eigenvalue weighted by Crippen LogP contribution is 2.02. The van der Waals surface area contributed by atoms with E-state index in [1.54, 1.807) is 24.9 Å². The highest BCUT2D eigenvalue weighted by Gasteiger charge is 1.94. The first-order chi connectivity index (χ1) is 4.83. The summed E-state index contributed by atoms with van der Waals surface area (Å²) in [5, 5.41) is 3.91. The largest absolute Gasteiger partial charge is 0.449 e. The Balaban J connectivity index is 2.42. The molecule has 4 heteroatoms. The first-order valence-corrected chi connectivity index (χ1v) is 2.86. The number of methoxy groups -OCH3 is 1. The van der Waals surface area contributed by atoms with Crippen LogP contribution in [-0.4, -0.2) is 23.7 Å². The van der Waals surface area contributed by atoms with Crippen LogP contribution >= 0.6 is 0 Å². The zero-order valence-electron chi connectivity index (χ0n) is 6.00. The lowest BCUT2D eigenvalue weighted by atomic mass is 10.7. The predicted octanol–water partition coefficient (Wildman–Crippen LogP) is 0.203. The lowest BCUT2D eigenvalue weighted by Gasteiger charge is -1.97. The minimum Gasteiger partial charge on any atom is -0.449 e. The molecule has 4 nitrogen and oxygen atoms in total. The van der Waals surface area contributed by atoms with Crippen LogP contribution in [0.1, 0.15) is 0 Å². The Labute approximate surface area is 59.4 Å². The third-order valence-electron chi connectivity index (χ3n) is 0.948. The van der Waals surface area contributed by atoms with Crippen LogP contribution in [0.2, 0.25) is 0 Å². The second-order valence-electron chi connectivity index (χ2n) is 1.79. The van der Waals surface area contributed by atoms with Gasteiger partial charge in [-0.2, -0.15) is 0 Å². The van der Waals surface area contributed by atoms with Crippen molar-refractivity contribution in [3.63, 3.8) is 0 Å². The Bertz CT molecular complexity index is 197. The van der Waals surface area contributed by atoms with E-state index in [1.807, 2.05) is 0 Å². The predicted molar refractivity (Wildman–Crippen MR) is 34.5 cm³/mol. The molecule has 0 saturated heterocycles. The molecule has 0 bridgehead atoms. The Kier molecular flexibility index (Phi) is 2.28. The van der Waals surface area contributed by atoms with Crippen LogP contribution in [0.3, 0.4) is 0 Å². The molecule has 0 aliphatic carbocycles. The number of ether oxygens (including phenoxy) is 2. The number of aromatic nitrogens is 2. The number of hydrogen-bond acceptors (Lipinski definition) is 3. The van der Waals surface area contributed by atoms with Crippen LogP contribution in [0.15, 0.2) is 6.07 Å². The van der Waals surface area contributed by atoms with Crippen molar-refractivity contribution in [3.05, 3.63) is 12.3 Å². The second-order valence-corrected chi connectivity index (χ2v) is 1.79. The summed E-state index contributed by atoms with van der Waals surface area (Å²) < 4.78 is 11.2. The van der Waals surface area contributed by atoms with Gasteiger partial charge in [0.25, 0.3) is 0 Å². The zero-order valence-corrected chi connectivity index (χ0v) is 6.00. The van der Waals surface area contributed by atoms with Gasteiger partial charge in [0.2, 0.25) is 5.88 Å². The van der Waals surface area contributed by atoms with E-state index in [2.05, 4.69) is 16.0 Å². The Morgan fingerprint density at radius 2 is 2.60 bits per heavy atom. The summed E-state index contributed by atoms with van der Waals surface area (Å²) in [4.78, 5) is 0. The van der Waals surface area contributed by atoms with Gasteiger partial charge in [0.1, 0.15) is 0 Å². The van der Waals surface area contributed by atoms with Crippen molar-refractivity contribution in [1.82, 2.24) is 9.78 Å². The fraction of sp³-hybridized carbons (Fsp3) is 0.500. The molecule has 0 aliphatic rings. The van der Waals surface area contributed by atoms with Crippen molar-refractivity contribution < 1.29 is 9.47 Å². The minimum absolute atomic E-state index is 0.227. The maximum absolute atomic E-state index is 4.99. The van der Waals surface area contributed by atoms with Crippen LogP contribution in [-0.2, 0) is 11.8 Å². The van der Waals surface area contributed by atoms with E-state index in [0.717, 1.165) is 0 Å². The quantitative estimate of drug-likeness (QED) is 0.564. The van der Waals surface area contributed by atoms with Crippen molar-refractivity contribution >= 4 is 0 Å². The first kappa shape index (κ1) is 7.08. The summed E-state index contributed by atoms with van der Waals surface area (Å²) in [6.07, 6.45) is 2.80.